The molecular weight excluding hydrogens is 280 g/mol. The van der Waals surface area contributed by atoms with Crippen molar-refractivity contribution in [2.45, 2.75) is 13.0 Å². The highest BCUT2D eigenvalue weighted by Crippen LogP contribution is 2.31. The number of aliphatic hydroxyl groups excluding tert-OH is 1. The highest BCUT2D eigenvalue weighted by atomic mass is 16.3. The van der Waals surface area contributed by atoms with Crippen LogP contribution in [0.15, 0.2) is 85.4 Å². The van der Waals surface area contributed by atoms with Gasteiger partial charge in [0, 0.05) is 0 Å². The maximum Gasteiger partial charge on any atom is 0.105 e. The van der Waals surface area contributed by atoms with Gasteiger partial charge in [-0.05, 0) is 34.8 Å². The smallest absolute Gasteiger partial charge is 0.105 e. The molecule has 1 heteroatoms. The minimum absolute atomic E-state index is 0.661. The number of aliphatic hydroxyl groups is 1. The number of rotatable bonds is 4. The highest BCUT2D eigenvalue weighted by molar-refractivity contribution is 5.80. The summed E-state index contributed by atoms with van der Waals surface area (Å²) >= 11 is 0. The molecule has 0 aliphatic heterocycles. The van der Waals surface area contributed by atoms with Crippen LogP contribution in [-0.4, -0.2) is 5.11 Å². The molecule has 0 amide bonds. The number of benzene rings is 3. The number of aryl methyl sites for hydroxylation is 1. The molecule has 0 aliphatic carbocycles. The Kier molecular flexibility index (Phi) is 4.40. The average Bonchev–Trinajstić information content (AvgIpc) is 2.61. The SMILES string of the molecule is C=C(c1ccccc1)c1ccccc1C(O)c1cccc(C)c1. The second-order valence-corrected chi connectivity index (χ2v) is 5.75. The van der Waals surface area contributed by atoms with Crippen LogP contribution in [0.25, 0.3) is 5.57 Å². The van der Waals surface area contributed by atoms with Gasteiger partial charge in [-0.1, -0.05) is 91.0 Å². The molecule has 3 aromatic carbocycles. The van der Waals surface area contributed by atoms with Crippen LogP contribution in [0.1, 0.15) is 33.9 Å². The predicted molar refractivity (Wildman–Crippen MR) is 96.3 cm³/mol. The molecular formula is C22H20O. The highest BCUT2D eigenvalue weighted by Gasteiger charge is 2.16. The third kappa shape index (κ3) is 3.25. The Balaban J connectivity index is 2.03. The van der Waals surface area contributed by atoms with E-state index < -0.39 is 6.10 Å². The van der Waals surface area contributed by atoms with Crippen molar-refractivity contribution in [3.05, 3.63) is 113 Å². The first-order valence-electron chi connectivity index (χ1n) is 7.75. The molecule has 114 valence electrons. The molecule has 1 N–H and O–H groups in total. The van der Waals surface area contributed by atoms with E-state index in [1.165, 1.54) is 0 Å². The fourth-order valence-electron chi connectivity index (χ4n) is 2.82. The van der Waals surface area contributed by atoms with E-state index in [-0.39, 0.29) is 0 Å². The van der Waals surface area contributed by atoms with Gasteiger partial charge in [0.15, 0.2) is 0 Å². The van der Waals surface area contributed by atoms with Crippen LogP contribution in [0, 0.1) is 6.92 Å². The molecule has 0 saturated heterocycles. The van der Waals surface area contributed by atoms with E-state index in [2.05, 4.69) is 6.58 Å². The van der Waals surface area contributed by atoms with Crippen LogP contribution in [0.3, 0.4) is 0 Å². The van der Waals surface area contributed by atoms with Gasteiger partial charge in [0.05, 0.1) is 0 Å². The normalized spacial score (nSPS) is 11.9. The van der Waals surface area contributed by atoms with Crippen molar-refractivity contribution in [3.8, 4) is 0 Å². The van der Waals surface area contributed by atoms with Crippen molar-refractivity contribution in [3.63, 3.8) is 0 Å². The molecule has 0 spiro atoms. The van der Waals surface area contributed by atoms with E-state index in [0.29, 0.717) is 0 Å². The summed E-state index contributed by atoms with van der Waals surface area (Å²) in [6.07, 6.45) is -0.661. The van der Waals surface area contributed by atoms with Crippen LogP contribution >= 0.6 is 0 Å². The van der Waals surface area contributed by atoms with E-state index in [1.54, 1.807) is 0 Å². The zero-order valence-electron chi connectivity index (χ0n) is 13.2. The fraction of sp³-hybridized carbons (Fsp3) is 0.0909. The lowest BCUT2D eigenvalue weighted by Crippen LogP contribution is -2.04. The Morgan fingerprint density at radius 1 is 0.870 bits per heavy atom. The molecule has 1 nitrogen and oxygen atoms in total. The van der Waals surface area contributed by atoms with E-state index in [0.717, 1.165) is 33.4 Å². The molecule has 3 rings (SSSR count). The second-order valence-electron chi connectivity index (χ2n) is 5.75. The molecule has 3 aromatic rings. The van der Waals surface area contributed by atoms with Crippen LogP contribution < -0.4 is 0 Å². The summed E-state index contributed by atoms with van der Waals surface area (Å²) in [5.41, 5.74) is 5.89. The molecule has 0 aromatic heterocycles. The van der Waals surface area contributed by atoms with Gasteiger partial charge in [0.2, 0.25) is 0 Å². The van der Waals surface area contributed by atoms with Crippen molar-refractivity contribution in [2.75, 3.05) is 0 Å². The van der Waals surface area contributed by atoms with Crippen molar-refractivity contribution in [2.24, 2.45) is 0 Å². The Bertz CT molecular complexity index is 818. The van der Waals surface area contributed by atoms with Crippen molar-refractivity contribution < 1.29 is 5.11 Å². The zero-order chi connectivity index (χ0) is 16.2. The summed E-state index contributed by atoms with van der Waals surface area (Å²) in [4.78, 5) is 0. The van der Waals surface area contributed by atoms with E-state index in [9.17, 15) is 5.11 Å². The predicted octanol–water partition coefficient (Wildman–Crippen LogP) is 5.14. The summed E-state index contributed by atoms with van der Waals surface area (Å²) < 4.78 is 0. The summed E-state index contributed by atoms with van der Waals surface area (Å²) in [6, 6.07) is 26.0. The third-order valence-corrected chi connectivity index (χ3v) is 4.06. The first-order chi connectivity index (χ1) is 11.2. The largest absolute Gasteiger partial charge is 0.384 e. The van der Waals surface area contributed by atoms with Gasteiger partial charge in [0.25, 0.3) is 0 Å². The lowest BCUT2D eigenvalue weighted by atomic mass is 9.90. The van der Waals surface area contributed by atoms with Gasteiger partial charge in [-0.15, -0.1) is 0 Å². The zero-order valence-corrected chi connectivity index (χ0v) is 13.2. The Hall–Kier alpha value is -2.64. The van der Waals surface area contributed by atoms with Gasteiger partial charge in [0.1, 0.15) is 6.10 Å². The monoisotopic (exact) mass is 300 g/mol. The van der Waals surface area contributed by atoms with Gasteiger partial charge in [-0.2, -0.15) is 0 Å². The maximum atomic E-state index is 10.9. The van der Waals surface area contributed by atoms with Gasteiger partial charge in [-0.3, -0.25) is 0 Å². The number of hydrogen-bond acceptors (Lipinski definition) is 1. The van der Waals surface area contributed by atoms with Crippen LogP contribution in [0.4, 0.5) is 0 Å². The van der Waals surface area contributed by atoms with Gasteiger partial charge >= 0.3 is 0 Å². The Morgan fingerprint density at radius 3 is 2.30 bits per heavy atom. The second kappa shape index (κ2) is 6.64. The number of hydrogen-bond donors (Lipinski definition) is 1. The minimum Gasteiger partial charge on any atom is -0.384 e. The van der Waals surface area contributed by atoms with E-state index in [4.69, 9.17) is 0 Å². The summed E-state index contributed by atoms with van der Waals surface area (Å²) in [5.74, 6) is 0. The quantitative estimate of drug-likeness (QED) is 0.707. The molecule has 0 heterocycles. The first kappa shape index (κ1) is 15.3. The van der Waals surface area contributed by atoms with Crippen LogP contribution in [0.2, 0.25) is 0 Å². The van der Waals surface area contributed by atoms with Crippen LogP contribution in [-0.2, 0) is 0 Å². The maximum absolute atomic E-state index is 10.9. The molecule has 23 heavy (non-hydrogen) atoms. The molecule has 0 aliphatic rings. The first-order valence-corrected chi connectivity index (χ1v) is 7.75. The molecule has 0 saturated carbocycles. The molecule has 1 atom stereocenters. The molecule has 0 bridgehead atoms. The van der Waals surface area contributed by atoms with Crippen molar-refractivity contribution in [1.82, 2.24) is 0 Å². The molecule has 1 unspecified atom stereocenters. The minimum atomic E-state index is -0.661. The summed E-state index contributed by atoms with van der Waals surface area (Å²) in [6.45, 7) is 6.27. The Labute approximate surface area is 137 Å². The average molecular weight is 300 g/mol. The lowest BCUT2D eigenvalue weighted by Gasteiger charge is -2.18. The summed E-state index contributed by atoms with van der Waals surface area (Å²) in [5, 5.41) is 10.9. The van der Waals surface area contributed by atoms with Crippen LogP contribution in [0.5, 0.6) is 0 Å². The molecule has 0 radical (unpaired) electrons. The molecule has 0 fully saturated rings. The van der Waals surface area contributed by atoms with E-state index >= 15 is 0 Å². The topological polar surface area (TPSA) is 20.2 Å². The van der Waals surface area contributed by atoms with Crippen molar-refractivity contribution in [1.29, 1.82) is 0 Å². The van der Waals surface area contributed by atoms with Gasteiger partial charge in [-0.25, -0.2) is 0 Å². The summed E-state index contributed by atoms with van der Waals surface area (Å²) in [7, 11) is 0. The fourth-order valence-corrected chi connectivity index (χ4v) is 2.82. The van der Waals surface area contributed by atoms with Crippen molar-refractivity contribution >= 4 is 5.57 Å². The standard InChI is InChI=1S/C22H20O/c1-16-9-8-12-19(15-16)22(23)21-14-7-6-13-20(21)17(2)18-10-4-3-5-11-18/h3-15,22-23H,2H2,1H3. The third-order valence-electron chi connectivity index (χ3n) is 4.06. The van der Waals surface area contributed by atoms with E-state index in [1.807, 2.05) is 85.8 Å². The van der Waals surface area contributed by atoms with Gasteiger partial charge < -0.3 is 5.11 Å². The Morgan fingerprint density at radius 2 is 1.57 bits per heavy atom. The lowest BCUT2D eigenvalue weighted by molar-refractivity contribution is 0.220.